The molecule has 1 amide bonds. The lowest BCUT2D eigenvalue weighted by atomic mass is 10.2. The Morgan fingerprint density at radius 1 is 1.75 bits per heavy atom. The van der Waals surface area contributed by atoms with Crippen LogP contribution in [0.3, 0.4) is 0 Å². The van der Waals surface area contributed by atoms with Crippen LogP contribution in [0, 0.1) is 0 Å². The molecule has 0 saturated heterocycles. The molecule has 0 radical (unpaired) electrons. The first kappa shape index (κ1) is 12.5. The second kappa shape index (κ2) is 6.12. The number of thiophene rings is 1. The predicted molar refractivity (Wildman–Crippen MR) is 63.7 cm³/mol. The summed E-state index contributed by atoms with van der Waals surface area (Å²) in [6, 6.07) is 4.04. The van der Waals surface area contributed by atoms with Crippen LogP contribution in [0.4, 0.5) is 0 Å². The van der Waals surface area contributed by atoms with Crippen LogP contribution in [-0.4, -0.2) is 23.0 Å². The van der Waals surface area contributed by atoms with Crippen LogP contribution < -0.4 is 11.1 Å². The summed E-state index contributed by atoms with van der Waals surface area (Å²) >= 11 is 1.66. The zero-order valence-electron chi connectivity index (χ0n) is 9.01. The molecule has 0 aliphatic heterocycles. The largest absolute Gasteiger partial charge is 0.409 e. The van der Waals surface area contributed by atoms with Crippen molar-refractivity contribution in [2.24, 2.45) is 10.9 Å². The lowest BCUT2D eigenvalue weighted by Gasteiger charge is -2.12. The second-order valence-corrected chi connectivity index (χ2v) is 4.55. The molecule has 1 unspecified atom stereocenters. The van der Waals surface area contributed by atoms with Crippen LogP contribution >= 0.6 is 11.3 Å². The number of hydrogen-bond acceptors (Lipinski definition) is 4. The summed E-state index contributed by atoms with van der Waals surface area (Å²) in [6.07, 6.45) is 0.713. The van der Waals surface area contributed by atoms with Gasteiger partial charge < -0.3 is 16.3 Å². The van der Waals surface area contributed by atoms with E-state index in [1.54, 1.807) is 11.3 Å². The Bertz CT molecular complexity index is 362. The van der Waals surface area contributed by atoms with Crippen LogP contribution in [0.1, 0.15) is 18.2 Å². The van der Waals surface area contributed by atoms with Gasteiger partial charge in [-0.3, -0.25) is 4.79 Å². The number of carbonyl (C=O) groups is 1. The van der Waals surface area contributed by atoms with Gasteiger partial charge in [0.15, 0.2) is 0 Å². The molecule has 16 heavy (non-hydrogen) atoms. The third-order valence-electron chi connectivity index (χ3n) is 1.96. The number of nitrogens with one attached hydrogen (secondary N) is 1. The van der Waals surface area contributed by atoms with E-state index >= 15 is 0 Å². The minimum Gasteiger partial charge on any atom is -0.409 e. The number of amidine groups is 1. The van der Waals surface area contributed by atoms with Crippen molar-refractivity contribution in [3.63, 3.8) is 0 Å². The lowest BCUT2D eigenvalue weighted by molar-refractivity contribution is -0.120. The van der Waals surface area contributed by atoms with E-state index in [2.05, 4.69) is 10.5 Å². The average molecular weight is 241 g/mol. The highest BCUT2D eigenvalue weighted by molar-refractivity contribution is 7.09. The molecule has 1 rings (SSSR count). The first-order valence-electron chi connectivity index (χ1n) is 4.90. The molecule has 88 valence electrons. The van der Waals surface area contributed by atoms with Gasteiger partial charge >= 0.3 is 0 Å². The standard InChI is InChI=1S/C10H15N3O2S/c1-7(5-8-3-2-4-16-8)12-10(14)6-9(11)13-15/h2-4,7,15H,5-6H2,1H3,(H2,11,13)(H,12,14). The van der Waals surface area contributed by atoms with Gasteiger partial charge in [-0.25, -0.2) is 0 Å². The molecule has 1 heterocycles. The molecule has 0 aliphatic rings. The molecule has 1 aromatic heterocycles. The molecule has 0 spiro atoms. The molecule has 0 aromatic carbocycles. The third-order valence-corrected chi connectivity index (χ3v) is 2.86. The van der Waals surface area contributed by atoms with Crippen molar-refractivity contribution in [1.82, 2.24) is 5.32 Å². The van der Waals surface area contributed by atoms with Gasteiger partial charge in [0, 0.05) is 17.3 Å². The van der Waals surface area contributed by atoms with E-state index in [1.165, 1.54) is 4.88 Å². The minimum atomic E-state index is -0.237. The van der Waals surface area contributed by atoms with E-state index in [9.17, 15) is 4.79 Å². The monoisotopic (exact) mass is 241 g/mol. The Kier molecular flexibility index (Phi) is 4.78. The van der Waals surface area contributed by atoms with Crippen LogP contribution in [0.25, 0.3) is 0 Å². The van der Waals surface area contributed by atoms with Gasteiger partial charge in [0.05, 0.1) is 6.42 Å². The first-order chi connectivity index (χ1) is 7.61. The molecule has 0 fully saturated rings. The third kappa shape index (κ3) is 4.31. The minimum absolute atomic E-state index is 0.0395. The smallest absolute Gasteiger partial charge is 0.227 e. The van der Waals surface area contributed by atoms with E-state index in [0.29, 0.717) is 0 Å². The van der Waals surface area contributed by atoms with Gasteiger partial charge in [0.25, 0.3) is 0 Å². The fraction of sp³-hybridized carbons (Fsp3) is 0.400. The van der Waals surface area contributed by atoms with Crippen LogP contribution in [0.5, 0.6) is 0 Å². The number of nitrogens with two attached hydrogens (primary N) is 1. The number of amides is 1. The molecule has 0 aliphatic carbocycles. The topological polar surface area (TPSA) is 87.7 Å². The zero-order chi connectivity index (χ0) is 12.0. The predicted octanol–water partition coefficient (Wildman–Crippen LogP) is 0.932. The fourth-order valence-electron chi connectivity index (χ4n) is 1.31. The molecular weight excluding hydrogens is 226 g/mol. The van der Waals surface area contributed by atoms with Crippen molar-refractivity contribution in [2.45, 2.75) is 25.8 Å². The molecule has 1 atom stereocenters. The highest BCUT2D eigenvalue weighted by Gasteiger charge is 2.10. The van der Waals surface area contributed by atoms with Gasteiger partial charge in [-0.2, -0.15) is 0 Å². The normalized spacial score (nSPS) is 13.4. The number of oxime groups is 1. The Morgan fingerprint density at radius 2 is 2.50 bits per heavy atom. The van der Waals surface area contributed by atoms with Gasteiger partial charge in [0.1, 0.15) is 5.84 Å². The number of nitrogens with zero attached hydrogens (tertiary/aromatic N) is 1. The molecule has 0 bridgehead atoms. The van der Waals surface area contributed by atoms with Gasteiger partial charge in [-0.1, -0.05) is 11.2 Å². The molecule has 5 nitrogen and oxygen atoms in total. The fourth-order valence-corrected chi connectivity index (χ4v) is 2.14. The van der Waals surface area contributed by atoms with Crippen LogP contribution in [0.15, 0.2) is 22.7 Å². The first-order valence-corrected chi connectivity index (χ1v) is 5.78. The van der Waals surface area contributed by atoms with Crippen molar-refractivity contribution in [3.8, 4) is 0 Å². The quantitative estimate of drug-likeness (QED) is 0.310. The molecule has 0 saturated carbocycles. The Labute approximate surface area is 98.0 Å². The van der Waals surface area contributed by atoms with Crippen molar-refractivity contribution in [3.05, 3.63) is 22.4 Å². The highest BCUT2D eigenvalue weighted by Crippen LogP contribution is 2.10. The van der Waals surface area contributed by atoms with Crippen LogP contribution in [0.2, 0.25) is 0 Å². The number of carbonyl (C=O) groups excluding carboxylic acids is 1. The van der Waals surface area contributed by atoms with Gasteiger partial charge in [-0.15, -0.1) is 11.3 Å². The van der Waals surface area contributed by atoms with E-state index in [0.717, 1.165) is 6.42 Å². The summed E-state index contributed by atoms with van der Waals surface area (Å²) in [5.74, 6) is -0.319. The Morgan fingerprint density at radius 3 is 3.06 bits per heavy atom. The summed E-state index contributed by atoms with van der Waals surface area (Å²) in [4.78, 5) is 12.6. The SMILES string of the molecule is CC(Cc1cccs1)NC(=O)CC(N)=NO. The summed E-state index contributed by atoms with van der Waals surface area (Å²) in [5.41, 5.74) is 5.23. The van der Waals surface area contributed by atoms with Crippen molar-refractivity contribution in [2.75, 3.05) is 0 Å². The number of rotatable bonds is 5. The van der Waals surface area contributed by atoms with Crippen molar-refractivity contribution >= 4 is 23.1 Å². The van der Waals surface area contributed by atoms with E-state index in [1.807, 2.05) is 24.4 Å². The Balaban J connectivity index is 2.34. The molecule has 1 aromatic rings. The maximum atomic E-state index is 11.4. The van der Waals surface area contributed by atoms with Gasteiger partial charge in [-0.05, 0) is 18.4 Å². The second-order valence-electron chi connectivity index (χ2n) is 3.52. The van der Waals surface area contributed by atoms with Crippen molar-refractivity contribution < 1.29 is 10.0 Å². The summed E-state index contributed by atoms with van der Waals surface area (Å²) in [7, 11) is 0. The molecule has 6 heteroatoms. The van der Waals surface area contributed by atoms with E-state index in [-0.39, 0.29) is 24.2 Å². The molecular formula is C10H15N3O2S. The highest BCUT2D eigenvalue weighted by atomic mass is 32.1. The van der Waals surface area contributed by atoms with Crippen LogP contribution in [-0.2, 0) is 11.2 Å². The maximum absolute atomic E-state index is 11.4. The maximum Gasteiger partial charge on any atom is 0.227 e. The summed E-state index contributed by atoms with van der Waals surface area (Å²) in [6.45, 7) is 1.92. The Hall–Kier alpha value is -1.56. The number of hydrogen-bond donors (Lipinski definition) is 3. The summed E-state index contributed by atoms with van der Waals surface area (Å²) in [5, 5.41) is 15.8. The van der Waals surface area contributed by atoms with E-state index in [4.69, 9.17) is 10.9 Å². The molecule has 4 N–H and O–H groups in total. The average Bonchev–Trinajstić information content (AvgIpc) is 2.69. The van der Waals surface area contributed by atoms with Gasteiger partial charge in [0.2, 0.25) is 5.91 Å². The zero-order valence-corrected chi connectivity index (χ0v) is 9.83. The lowest BCUT2D eigenvalue weighted by Crippen LogP contribution is -2.36. The van der Waals surface area contributed by atoms with E-state index < -0.39 is 0 Å². The van der Waals surface area contributed by atoms with Crippen molar-refractivity contribution in [1.29, 1.82) is 0 Å². The summed E-state index contributed by atoms with van der Waals surface area (Å²) < 4.78 is 0.